The summed E-state index contributed by atoms with van der Waals surface area (Å²) < 4.78 is 31.9. The summed E-state index contributed by atoms with van der Waals surface area (Å²) in [4.78, 5) is 12.4. The van der Waals surface area contributed by atoms with Crippen LogP contribution in [0.25, 0.3) is 0 Å². The van der Waals surface area contributed by atoms with Crippen molar-refractivity contribution in [2.24, 2.45) is 0 Å². The van der Waals surface area contributed by atoms with Crippen molar-refractivity contribution in [2.75, 3.05) is 25.5 Å². The van der Waals surface area contributed by atoms with Gasteiger partial charge in [0.25, 0.3) is 0 Å². The highest BCUT2D eigenvalue weighted by Gasteiger charge is 2.27. The van der Waals surface area contributed by atoms with Gasteiger partial charge in [0.05, 0.1) is 22.7 Å². The lowest BCUT2D eigenvalue weighted by Gasteiger charge is -2.16. The molecule has 1 fully saturated rings. The van der Waals surface area contributed by atoms with E-state index in [4.69, 9.17) is 16.3 Å². The number of carbonyl (C=O) groups excluding carboxylic acids is 1. The van der Waals surface area contributed by atoms with E-state index in [1.807, 2.05) is 6.07 Å². The van der Waals surface area contributed by atoms with Crippen molar-refractivity contribution in [1.29, 1.82) is 0 Å². The number of methoxy groups -OCH3 is 1. The van der Waals surface area contributed by atoms with Crippen molar-refractivity contribution in [2.45, 2.75) is 30.6 Å². The number of amides is 1. The van der Waals surface area contributed by atoms with Gasteiger partial charge in [0, 0.05) is 19.5 Å². The molecule has 156 valence electrons. The molecular formula is C20H23ClN2O5S. The van der Waals surface area contributed by atoms with Crippen LogP contribution in [0.1, 0.15) is 24.8 Å². The maximum Gasteiger partial charge on any atom is 0.243 e. The van der Waals surface area contributed by atoms with Gasteiger partial charge in [-0.25, -0.2) is 8.42 Å². The number of sulfonamides is 1. The van der Waals surface area contributed by atoms with Crippen molar-refractivity contribution in [3.8, 4) is 11.5 Å². The van der Waals surface area contributed by atoms with Crippen LogP contribution in [0.15, 0.2) is 41.3 Å². The maximum absolute atomic E-state index is 12.7. The number of rotatable bonds is 7. The van der Waals surface area contributed by atoms with E-state index < -0.39 is 10.0 Å². The average Bonchev–Trinajstić information content (AvgIpc) is 3.24. The predicted molar refractivity (Wildman–Crippen MR) is 111 cm³/mol. The Morgan fingerprint density at radius 2 is 1.93 bits per heavy atom. The molecule has 2 aromatic carbocycles. The second kappa shape index (κ2) is 9.02. The molecule has 7 nitrogen and oxygen atoms in total. The Morgan fingerprint density at radius 3 is 2.59 bits per heavy atom. The standard InChI is InChI=1S/C20H23ClN2O5S/c1-28-19-8-4-14(12-16(19)21)5-9-20(25)22-17-13-15(6-7-18(17)24)29(26,27)23-10-2-3-11-23/h4,6-8,12-13,24H,2-3,5,9-11H2,1H3,(H,22,25). The van der Waals surface area contributed by atoms with Crippen LogP contribution in [0.3, 0.4) is 0 Å². The Kier molecular flexibility index (Phi) is 6.66. The average molecular weight is 439 g/mol. The SMILES string of the molecule is COc1ccc(CCC(=O)Nc2cc(S(=O)(=O)N3CCCC3)ccc2O)cc1Cl. The molecule has 2 N–H and O–H groups in total. The molecule has 0 aliphatic carbocycles. The summed E-state index contributed by atoms with van der Waals surface area (Å²) >= 11 is 6.09. The number of nitrogens with one attached hydrogen (secondary N) is 1. The van der Waals surface area contributed by atoms with Crippen LogP contribution in [-0.4, -0.2) is 43.9 Å². The van der Waals surface area contributed by atoms with Crippen LogP contribution >= 0.6 is 11.6 Å². The number of ether oxygens (including phenoxy) is 1. The zero-order chi connectivity index (χ0) is 21.0. The summed E-state index contributed by atoms with van der Waals surface area (Å²) in [7, 11) is -2.11. The van der Waals surface area contributed by atoms with E-state index in [0.29, 0.717) is 30.3 Å². The molecule has 0 atom stereocenters. The van der Waals surface area contributed by atoms with E-state index in [1.165, 1.54) is 29.6 Å². The number of phenols is 1. The van der Waals surface area contributed by atoms with E-state index >= 15 is 0 Å². The minimum Gasteiger partial charge on any atom is -0.506 e. The van der Waals surface area contributed by atoms with Crippen molar-refractivity contribution in [3.63, 3.8) is 0 Å². The van der Waals surface area contributed by atoms with Crippen LogP contribution in [0.2, 0.25) is 5.02 Å². The molecule has 3 rings (SSSR count). The molecular weight excluding hydrogens is 416 g/mol. The highest BCUT2D eigenvalue weighted by Crippen LogP contribution is 2.30. The minimum atomic E-state index is -3.64. The lowest BCUT2D eigenvalue weighted by atomic mass is 10.1. The minimum absolute atomic E-state index is 0.0504. The maximum atomic E-state index is 12.7. The van der Waals surface area contributed by atoms with Crippen LogP contribution in [0.5, 0.6) is 11.5 Å². The van der Waals surface area contributed by atoms with Gasteiger partial charge in [0.15, 0.2) is 0 Å². The molecule has 29 heavy (non-hydrogen) atoms. The van der Waals surface area contributed by atoms with Gasteiger partial charge in [0.1, 0.15) is 11.5 Å². The molecule has 1 aliphatic rings. The number of nitrogens with zero attached hydrogens (tertiary/aromatic N) is 1. The van der Waals surface area contributed by atoms with Gasteiger partial charge in [-0.1, -0.05) is 17.7 Å². The topological polar surface area (TPSA) is 95.9 Å². The van der Waals surface area contributed by atoms with Crippen LogP contribution < -0.4 is 10.1 Å². The molecule has 0 bridgehead atoms. The van der Waals surface area contributed by atoms with Gasteiger partial charge in [-0.2, -0.15) is 4.31 Å². The zero-order valence-corrected chi connectivity index (χ0v) is 17.6. The van der Waals surface area contributed by atoms with Gasteiger partial charge in [-0.05, 0) is 55.2 Å². The second-order valence-electron chi connectivity index (χ2n) is 6.81. The fourth-order valence-corrected chi connectivity index (χ4v) is 5.01. The number of hydrogen-bond donors (Lipinski definition) is 2. The summed E-state index contributed by atoms with van der Waals surface area (Å²) in [5.41, 5.74) is 0.934. The van der Waals surface area contributed by atoms with Crippen molar-refractivity contribution in [3.05, 3.63) is 47.0 Å². The predicted octanol–water partition coefficient (Wildman–Crippen LogP) is 3.41. The van der Waals surface area contributed by atoms with E-state index in [-0.39, 0.29) is 28.7 Å². The van der Waals surface area contributed by atoms with E-state index in [9.17, 15) is 18.3 Å². The summed E-state index contributed by atoms with van der Waals surface area (Å²) in [5, 5.41) is 13.1. The number of aromatic hydroxyl groups is 1. The summed E-state index contributed by atoms with van der Waals surface area (Å²) in [6.45, 7) is 0.963. The normalized spacial score (nSPS) is 14.7. The Balaban J connectivity index is 1.67. The third kappa shape index (κ3) is 5.01. The Hall–Kier alpha value is -2.29. The van der Waals surface area contributed by atoms with Gasteiger partial charge in [-0.3, -0.25) is 4.79 Å². The molecule has 0 spiro atoms. The molecule has 1 saturated heterocycles. The Morgan fingerprint density at radius 1 is 1.21 bits per heavy atom. The number of anilines is 1. The first kappa shape index (κ1) is 21.4. The van der Waals surface area contributed by atoms with Crippen molar-refractivity contribution >= 4 is 33.2 Å². The molecule has 1 aliphatic heterocycles. The first-order valence-corrected chi connectivity index (χ1v) is 11.1. The fraction of sp³-hybridized carbons (Fsp3) is 0.350. The number of hydrogen-bond acceptors (Lipinski definition) is 5. The van der Waals surface area contributed by atoms with Gasteiger partial charge in [-0.15, -0.1) is 0 Å². The molecule has 2 aromatic rings. The van der Waals surface area contributed by atoms with Gasteiger partial charge >= 0.3 is 0 Å². The third-order valence-corrected chi connectivity index (χ3v) is 6.99. The van der Waals surface area contributed by atoms with Crippen LogP contribution in [0, 0.1) is 0 Å². The summed E-state index contributed by atoms with van der Waals surface area (Å²) in [6.07, 6.45) is 2.24. The first-order valence-electron chi connectivity index (χ1n) is 9.26. The van der Waals surface area contributed by atoms with Gasteiger partial charge < -0.3 is 15.2 Å². The molecule has 9 heteroatoms. The smallest absolute Gasteiger partial charge is 0.243 e. The fourth-order valence-electron chi connectivity index (χ4n) is 3.19. The second-order valence-corrected chi connectivity index (χ2v) is 9.15. The highest BCUT2D eigenvalue weighted by molar-refractivity contribution is 7.89. The van der Waals surface area contributed by atoms with Crippen LogP contribution in [0.4, 0.5) is 5.69 Å². The molecule has 0 unspecified atom stereocenters. The molecule has 0 aromatic heterocycles. The van der Waals surface area contributed by atoms with Crippen molar-refractivity contribution in [1.82, 2.24) is 4.31 Å². The third-order valence-electron chi connectivity index (χ3n) is 4.80. The molecule has 1 heterocycles. The molecule has 0 saturated carbocycles. The Labute approximate surface area is 175 Å². The van der Waals surface area contributed by atoms with Gasteiger partial charge in [0.2, 0.25) is 15.9 Å². The van der Waals surface area contributed by atoms with Crippen LogP contribution in [-0.2, 0) is 21.2 Å². The van der Waals surface area contributed by atoms with E-state index in [2.05, 4.69) is 5.32 Å². The first-order chi connectivity index (χ1) is 13.8. The number of phenolic OH excluding ortho intramolecular Hbond substituents is 1. The monoisotopic (exact) mass is 438 g/mol. The van der Waals surface area contributed by atoms with E-state index in [0.717, 1.165) is 18.4 Å². The highest BCUT2D eigenvalue weighted by atomic mass is 35.5. The van der Waals surface area contributed by atoms with E-state index in [1.54, 1.807) is 12.1 Å². The Bertz CT molecular complexity index is 1000. The lowest BCUT2D eigenvalue weighted by molar-refractivity contribution is -0.116. The lowest BCUT2D eigenvalue weighted by Crippen LogP contribution is -2.28. The molecule has 1 amide bonds. The quantitative estimate of drug-likeness (QED) is 0.646. The summed E-state index contributed by atoms with van der Waals surface area (Å²) in [6, 6.07) is 9.20. The molecule has 0 radical (unpaired) electrons. The number of aryl methyl sites for hydroxylation is 1. The zero-order valence-electron chi connectivity index (χ0n) is 16.0. The van der Waals surface area contributed by atoms with Crippen molar-refractivity contribution < 1.29 is 23.1 Å². The number of carbonyl (C=O) groups is 1. The largest absolute Gasteiger partial charge is 0.506 e. The summed E-state index contributed by atoms with van der Waals surface area (Å²) in [5.74, 6) is 0.0231. The number of halogens is 1. The number of benzene rings is 2.